The van der Waals surface area contributed by atoms with Crippen LogP contribution in [0.1, 0.15) is 36.8 Å². The quantitative estimate of drug-likeness (QED) is 0.473. The van der Waals surface area contributed by atoms with E-state index >= 15 is 0 Å². The van der Waals surface area contributed by atoms with Crippen LogP contribution in [0, 0.1) is 18.3 Å². The molecule has 1 aliphatic rings. The van der Waals surface area contributed by atoms with E-state index in [1.807, 2.05) is 43.3 Å². The molecule has 1 aromatic heterocycles. The SMILES string of the molecule is Cc1ccc(Cn2c(SCC(=O)NC3(C#N)CCCC3)nc3ccccc3c2=O)cc1. The van der Waals surface area contributed by atoms with E-state index in [2.05, 4.69) is 16.4 Å². The number of aryl methyl sites for hydroxylation is 1. The lowest BCUT2D eigenvalue weighted by molar-refractivity contribution is -0.119. The summed E-state index contributed by atoms with van der Waals surface area (Å²) in [6.07, 6.45) is 3.27. The molecular formula is C24H24N4O2S. The number of benzene rings is 2. The first-order valence-corrected chi connectivity index (χ1v) is 11.4. The summed E-state index contributed by atoms with van der Waals surface area (Å²) >= 11 is 1.23. The molecular weight excluding hydrogens is 408 g/mol. The smallest absolute Gasteiger partial charge is 0.262 e. The van der Waals surface area contributed by atoms with Gasteiger partial charge in [0.05, 0.1) is 29.3 Å². The summed E-state index contributed by atoms with van der Waals surface area (Å²) in [5.41, 5.74) is 1.87. The molecule has 3 aromatic rings. The van der Waals surface area contributed by atoms with Crippen LogP contribution in [-0.2, 0) is 11.3 Å². The Labute approximate surface area is 185 Å². The number of thioether (sulfide) groups is 1. The molecule has 1 heterocycles. The van der Waals surface area contributed by atoms with E-state index in [-0.39, 0.29) is 17.2 Å². The van der Waals surface area contributed by atoms with E-state index in [4.69, 9.17) is 0 Å². The number of para-hydroxylation sites is 1. The van der Waals surface area contributed by atoms with E-state index in [1.54, 1.807) is 16.7 Å². The third-order valence-electron chi connectivity index (χ3n) is 5.67. The summed E-state index contributed by atoms with van der Waals surface area (Å²) in [6, 6.07) is 17.5. The highest BCUT2D eigenvalue weighted by molar-refractivity contribution is 7.99. The number of amides is 1. The van der Waals surface area contributed by atoms with Gasteiger partial charge in [-0.25, -0.2) is 4.98 Å². The molecule has 0 bridgehead atoms. The molecule has 0 saturated heterocycles. The minimum Gasteiger partial charge on any atom is -0.337 e. The van der Waals surface area contributed by atoms with Gasteiger partial charge in [-0.1, -0.05) is 53.7 Å². The van der Waals surface area contributed by atoms with Crippen LogP contribution in [0.3, 0.4) is 0 Å². The monoisotopic (exact) mass is 432 g/mol. The highest BCUT2D eigenvalue weighted by Gasteiger charge is 2.35. The molecule has 1 amide bonds. The average Bonchev–Trinajstić information content (AvgIpc) is 3.25. The van der Waals surface area contributed by atoms with Gasteiger partial charge in [0.25, 0.3) is 5.56 Å². The molecule has 2 aromatic carbocycles. The number of carbonyl (C=O) groups excluding carboxylic acids is 1. The fraction of sp³-hybridized carbons (Fsp3) is 0.333. The zero-order valence-electron chi connectivity index (χ0n) is 17.4. The van der Waals surface area contributed by atoms with Crippen LogP contribution in [-0.4, -0.2) is 26.8 Å². The number of nitrogens with one attached hydrogen (secondary N) is 1. The Hall–Kier alpha value is -3.11. The molecule has 1 fully saturated rings. The molecule has 6 nitrogen and oxygen atoms in total. The zero-order valence-corrected chi connectivity index (χ0v) is 18.2. The minimum atomic E-state index is -0.754. The molecule has 31 heavy (non-hydrogen) atoms. The number of hydrogen-bond acceptors (Lipinski definition) is 5. The summed E-state index contributed by atoms with van der Waals surface area (Å²) in [6.45, 7) is 2.40. The van der Waals surface area contributed by atoms with Gasteiger partial charge in [0.15, 0.2) is 5.16 Å². The first-order chi connectivity index (χ1) is 15.0. The molecule has 1 saturated carbocycles. The second-order valence-electron chi connectivity index (χ2n) is 8.03. The lowest BCUT2D eigenvalue weighted by Gasteiger charge is -2.22. The van der Waals surface area contributed by atoms with Crippen LogP contribution >= 0.6 is 11.8 Å². The Morgan fingerprint density at radius 2 is 1.90 bits per heavy atom. The number of carbonyl (C=O) groups is 1. The van der Waals surface area contributed by atoms with Crippen molar-refractivity contribution in [3.05, 3.63) is 70.0 Å². The van der Waals surface area contributed by atoms with Gasteiger partial charge in [-0.2, -0.15) is 5.26 Å². The lowest BCUT2D eigenvalue weighted by atomic mass is 10.0. The number of rotatable bonds is 6. The maximum absolute atomic E-state index is 13.2. The summed E-state index contributed by atoms with van der Waals surface area (Å²) in [5.74, 6) is -0.111. The Bertz CT molecular complexity index is 1200. The first-order valence-electron chi connectivity index (χ1n) is 10.4. The average molecular weight is 433 g/mol. The molecule has 7 heteroatoms. The van der Waals surface area contributed by atoms with Gasteiger partial charge in [0, 0.05) is 0 Å². The maximum Gasteiger partial charge on any atom is 0.262 e. The summed E-state index contributed by atoms with van der Waals surface area (Å²) in [4.78, 5) is 30.5. The predicted octanol–water partition coefficient (Wildman–Crippen LogP) is 3.80. The Morgan fingerprint density at radius 1 is 1.19 bits per heavy atom. The minimum absolute atomic E-state index is 0.0993. The molecule has 0 spiro atoms. The molecule has 0 unspecified atom stereocenters. The van der Waals surface area contributed by atoms with Crippen LogP contribution in [0.5, 0.6) is 0 Å². The standard InChI is InChI=1S/C24H24N4O2S/c1-17-8-10-18(11-9-17)14-28-22(30)19-6-2-3-7-20(19)26-23(28)31-15-21(29)27-24(16-25)12-4-5-13-24/h2-3,6-11H,4-5,12-15H2,1H3,(H,27,29). The van der Waals surface area contributed by atoms with Crippen LogP contribution < -0.4 is 10.9 Å². The fourth-order valence-electron chi connectivity index (χ4n) is 3.95. The number of aromatic nitrogens is 2. The largest absolute Gasteiger partial charge is 0.337 e. The van der Waals surface area contributed by atoms with Gasteiger partial charge in [-0.05, 0) is 50.3 Å². The van der Waals surface area contributed by atoms with Crippen LogP contribution in [0.4, 0.5) is 0 Å². The van der Waals surface area contributed by atoms with Gasteiger partial charge in [-0.15, -0.1) is 0 Å². The third kappa shape index (κ3) is 4.64. The molecule has 158 valence electrons. The zero-order chi connectivity index (χ0) is 21.8. The van der Waals surface area contributed by atoms with Gasteiger partial charge in [-0.3, -0.25) is 14.2 Å². The number of nitriles is 1. The molecule has 0 atom stereocenters. The summed E-state index contributed by atoms with van der Waals surface area (Å²) < 4.78 is 1.63. The second-order valence-corrected chi connectivity index (χ2v) is 8.97. The molecule has 1 N–H and O–H groups in total. The first kappa shape index (κ1) is 21.1. The van der Waals surface area contributed by atoms with E-state index in [9.17, 15) is 14.9 Å². The predicted molar refractivity (Wildman–Crippen MR) is 122 cm³/mol. The normalized spacial score (nSPS) is 15.0. The van der Waals surface area contributed by atoms with Crippen molar-refractivity contribution >= 4 is 28.6 Å². The number of hydrogen-bond donors (Lipinski definition) is 1. The highest BCUT2D eigenvalue weighted by Crippen LogP contribution is 2.29. The lowest BCUT2D eigenvalue weighted by Crippen LogP contribution is -2.45. The van der Waals surface area contributed by atoms with Crippen LogP contribution in [0.25, 0.3) is 10.9 Å². The molecule has 1 aliphatic carbocycles. The highest BCUT2D eigenvalue weighted by atomic mass is 32.2. The van der Waals surface area contributed by atoms with E-state index in [0.29, 0.717) is 35.4 Å². The molecule has 0 radical (unpaired) electrons. The van der Waals surface area contributed by atoms with E-state index < -0.39 is 5.54 Å². The van der Waals surface area contributed by atoms with Crippen molar-refractivity contribution in [1.82, 2.24) is 14.9 Å². The second kappa shape index (κ2) is 8.94. The van der Waals surface area contributed by atoms with Crippen molar-refractivity contribution in [3.63, 3.8) is 0 Å². The Balaban J connectivity index is 1.61. The van der Waals surface area contributed by atoms with E-state index in [1.165, 1.54) is 11.8 Å². The Morgan fingerprint density at radius 3 is 2.61 bits per heavy atom. The summed E-state index contributed by atoms with van der Waals surface area (Å²) in [7, 11) is 0. The molecule has 4 rings (SSSR count). The van der Waals surface area contributed by atoms with Crippen molar-refractivity contribution in [2.75, 3.05) is 5.75 Å². The number of fused-ring (bicyclic) bond motifs is 1. The number of nitrogens with zero attached hydrogens (tertiary/aromatic N) is 3. The van der Waals surface area contributed by atoms with Gasteiger partial charge >= 0.3 is 0 Å². The third-order valence-corrected chi connectivity index (χ3v) is 6.65. The topological polar surface area (TPSA) is 87.8 Å². The van der Waals surface area contributed by atoms with Crippen molar-refractivity contribution in [3.8, 4) is 6.07 Å². The maximum atomic E-state index is 13.2. The van der Waals surface area contributed by atoms with Crippen molar-refractivity contribution in [2.45, 2.75) is 49.8 Å². The van der Waals surface area contributed by atoms with Crippen LogP contribution in [0.2, 0.25) is 0 Å². The Kier molecular flexibility index (Phi) is 6.10. The fourth-order valence-corrected chi connectivity index (χ4v) is 4.75. The van der Waals surface area contributed by atoms with Crippen LogP contribution in [0.15, 0.2) is 58.5 Å². The van der Waals surface area contributed by atoms with Gasteiger partial charge < -0.3 is 5.32 Å². The molecule has 0 aliphatic heterocycles. The van der Waals surface area contributed by atoms with E-state index in [0.717, 1.165) is 24.0 Å². The summed E-state index contributed by atoms with van der Waals surface area (Å²) in [5, 5.41) is 13.5. The van der Waals surface area contributed by atoms with Gasteiger partial charge in [0.1, 0.15) is 5.54 Å². The van der Waals surface area contributed by atoms with Crippen molar-refractivity contribution in [1.29, 1.82) is 5.26 Å². The van der Waals surface area contributed by atoms with Gasteiger partial charge in [0.2, 0.25) is 5.91 Å². The van der Waals surface area contributed by atoms with Crippen molar-refractivity contribution < 1.29 is 4.79 Å². The van der Waals surface area contributed by atoms with Crippen molar-refractivity contribution in [2.24, 2.45) is 0 Å².